The molecule has 0 saturated carbocycles. The Kier molecular flexibility index (Phi) is 7.88. The van der Waals surface area contributed by atoms with Gasteiger partial charge >= 0.3 is 0 Å². The number of sulfonamides is 1. The van der Waals surface area contributed by atoms with Gasteiger partial charge in [-0.2, -0.15) is 0 Å². The van der Waals surface area contributed by atoms with Gasteiger partial charge in [0.2, 0.25) is 10.0 Å². The molecule has 0 atom stereocenters. The number of carbonyl (C=O) groups is 1. The van der Waals surface area contributed by atoms with Crippen molar-refractivity contribution in [2.75, 3.05) is 0 Å². The highest BCUT2D eigenvalue weighted by molar-refractivity contribution is 7.98. The maximum absolute atomic E-state index is 12.5. The van der Waals surface area contributed by atoms with E-state index in [1.165, 1.54) is 0 Å². The molecule has 1 amide bonds. The summed E-state index contributed by atoms with van der Waals surface area (Å²) in [5, 5.41) is 5.96. The highest BCUT2D eigenvalue weighted by Crippen LogP contribution is 2.24. The molecule has 3 rings (SSSR count). The minimum Gasteiger partial charge on any atom is -0.348 e. The lowest BCUT2D eigenvalue weighted by Gasteiger charge is -2.11. The van der Waals surface area contributed by atoms with Crippen LogP contribution in [0.5, 0.6) is 0 Å². The molecule has 1 aromatic heterocycles. The fraction of sp³-hybridized carbons (Fsp3) is 0.273. The predicted octanol–water partition coefficient (Wildman–Crippen LogP) is 4.36. The lowest BCUT2D eigenvalue weighted by atomic mass is 10.2. The average Bonchev–Trinajstić information content (AvgIpc) is 3.15. The van der Waals surface area contributed by atoms with Gasteiger partial charge in [-0.3, -0.25) is 4.79 Å². The minimum atomic E-state index is -3.57. The summed E-state index contributed by atoms with van der Waals surface area (Å²) in [6.45, 7) is 5.77. The number of nitrogens with zero attached hydrogens (tertiary/aromatic N) is 1. The van der Waals surface area contributed by atoms with Crippen LogP contribution in [0.25, 0.3) is 0 Å². The van der Waals surface area contributed by atoms with Crippen LogP contribution in [0.2, 0.25) is 0 Å². The number of carbonyl (C=O) groups excluding carboxylic acids is 1. The second-order valence-electron chi connectivity index (χ2n) is 7.28. The monoisotopic (exact) mass is 475 g/mol. The fourth-order valence-corrected chi connectivity index (χ4v) is 5.65. The Morgan fingerprint density at radius 1 is 1.16 bits per heavy atom. The molecule has 6 nitrogen and oxygen atoms in total. The quantitative estimate of drug-likeness (QED) is 0.449. The van der Waals surface area contributed by atoms with E-state index in [0.29, 0.717) is 11.1 Å². The van der Waals surface area contributed by atoms with E-state index < -0.39 is 10.0 Å². The molecule has 31 heavy (non-hydrogen) atoms. The lowest BCUT2D eigenvalue weighted by molar-refractivity contribution is 0.0951. The number of hydrogen-bond acceptors (Lipinski definition) is 6. The van der Waals surface area contributed by atoms with Crippen LogP contribution in [-0.4, -0.2) is 25.4 Å². The molecule has 164 valence electrons. The number of rotatable bonds is 9. The molecular formula is C22H25N3O3S3. The van der Waals surface area contributed by atoms with E-state index >= 15 is 0 Å². The van der Waals surface area contributed by atoms with Crippen LogP contribution >= 0.6 is 23.1 Å². The molecule has 0 unspecified atom stereocenters. The second-order valence-corrected chi connectivity index (χ2v) is 11.1. The van der Waals surface area contributed by atoms with Crippen molar-refractivity contribution >= 4 is 39.0 Å². The number of thiazole rings is 1. The molecule has 0 radical (unpaired) electrons. The van der Waals surface area contributed by atoms with E-state index in [9.17, 15) is 13.2 Å². The standard InChI is InChI=1S/C22H25N3O3S3/c1-15(2)25-31(27,28)21-6-4-5-17(11-21)12-23-22(26)18-7-9-20(10-8-18)30-14-19-13-29-16(3)24-19/h4-11,13,15,25H,12,14H2,1-3H3,(H,23,26). The molecule has 0 aliphatic heterocycles. The Balaban J connectivity index is 1.56. The normalized spacial score (nSPS) is 11.6. The Morgan fingerprint density at radius 3 is 2.55 bits per heavy atom. The zero-order valence-electron chi connectivity index (χ0n) is 17.6. The van der Waals surface area contributed by atoms with Gasteiger partial charge in [-0.25, -0.2) is 18.1 Å². The van der Waals surface area contributed by atoms with E-state index in [0.717, 1.165) is 21.3 Å². The van der Waals surface area contributed by atoms with Crippen molar-refractivity contribution < 1.29 is 13.2 Å². The molecule has 0 saturated heterocycles. The average molecular weight is 476 g/mol. The van der Waals surface area contributed by atoms with Crippen molar-refractivity contribution in [1.82, 2.24) is 15.0 Å². The van der Waals surface area contributed by atoms with E-state index in [1.807, 2.05) is 19.1 Å². The van der Waals surface area contributed by atoms with Crippen molar-refractivity contribution in [3.05, 3.63) is 75.7 Å². The first-order valence-corrected chi connectivity index (χ1v) is 13.1. The van der Waals surface area contributed by atoms with E-state index in [1.54, 1.807) is 73.3 Å². The van der Waals surface area contributed by atoms with Crippen molar-refractivity contribution in [2.45, 2.75) is 48.9 Å². The summed E-state index contributed by atoms with van der Waals surface area (Å²) < 4.78 is 27.2. The Hall–Kier alpha value is -2.20. The molecule has 2 N–H and O–H groups in total. The Morgan fingerprint density at radius 2 is 1.90 bits per heavy atom. The smallest absolute Gasteiger partial charge is 0.251 e. The molecule has 0 spiro atoms. The fourth-order valence-electron chi connectivity index (χ4n) is 2.82. The molecule has 0 aliphatic carbocycles. The number of thioether (sulfide) groups is 1. The van der Waals surface area contributed by atoms with Crippen LogP contribution in [0.4, 0.5) is 0 Å². The first-order valence-electron chi connectivity index (χ1n) is 9.76. The molecule has 3 aromatic rings. The summed E-state index contributed by atoms with van der Waals surface area (Å²) in [5.74, 6) is 0.584. The number of amides is 1. The van der Waals surface area contributed by atoms with E-state index in [-0.39, 0.29) is 23.4 Å². The lowest BCUT2D eigenvalue weighted by Crippen LogP contribution is -2.30. The maximum Gasteiger partial charge on any atom is 0.251 e. The van der Waals surface area contributed by atoms with Crippen molar-refractivity contribution in [1.29, 1.82) is 0 Å². The van der Waals surface area contributed by atoms with Gasteiger partial charge in [0.15, 0.2) is 0 Å². The number of aryl methyl sites for hydroxylation is 1. The van der Waals surface area contributed by atoms with Crippen LogP contribution in [0.1, 0.15) is 40.5 Å². The van der Waals surface area contributed by atoms with Gasteiger partial charge in [0.25, 0.3) is 5.91 Å². The number of aromatic nitrogens is 1. The van der Waals surface area contributed by atoms with Crippen LogP contribution < -0.4 is 10.0 Å². The van der Waals surface area contributed by atoms with Gasteiger partial charge in [0.1, 0.15) is 0 Å². The zero-order chi connectivity index (χ0) is 22.4. The first kappa shape index (κ1) is 23.5. The van der Waals surface area contributed by atoms with Gasteiger partial charge in [0, 0.05) is 34.2 Å². The third kappa shape index (κ3) is 6.90. The second kappa shape index (κ2) is 10.4. The molecule has 0 bridgehead atoms. The Bertz CT molecular complexity index is 1140. The SMILES string of the molecule is Cc1nc(CSc2ccc(C(=O)NCc3cccc(S(=O)(=O)NC(C)C)c3)cc2)cs1. The summed E-state index contributed by atoms with van der Waals surface area (Å²) >= 11 is 3.31. The molecule has 1 heterocycles. The molecule has 0 aliphatic rings. The predicted molar refractivity (Wildman–Crippen MR) is 126 cm³/mol. The summed E-state index contributed by atoms with van der Waals surface area (Å²) in [4.78, 5) is 18.2. The van der Waals surface area contributed by atoms with E-state index in [4.69, 9.17) is 0 Å². The summed E-state index contributed by atoms with van der Waals surface area (Å²) in [6, 6.07) is 13.8. The third-order valence-electron chi connectivity index (χ3n) is 4.22. The molecular weight excluding hydrogens is 450 g/mol. The van der Waals surface area contributed by atoms with Gasteiger partial charge in [0.05, 0.1) is 15.6 Å². The zero-order valence-corrected chi connectivity index (χ0v) is 20.0. The van der Waals surface area contributed by atoms with Crippen LogP contribution in [0.15, 0.2) is 63.7 Å². The summed E-state index contributed by atoms with van der Waals surface area (Å²) in [5.41, 5.74) is 2.33. The summed E-state index contributed by atoms with van der Waals surface area (Å²) in [6.07, 6.45) is 0. The largest absolute Gasteiger partial charge is 0.348 e. The molecule has 0 fully saturated rings. The number of hydrogen-bond donors (Lipinski definition) is 2. The van der Waals surface area contributed by atoms with E-state index in [2.05, 4.69) is 20.4 Å². The Labute approximate surface area is 191 Å². The van der Waals surface area contributed by atoms with Crippen molar-refractivity contribution in [3.63, 3.8) is 0 Å². The van der Waals surface area contributed by atoms with Gasteiger partial charge in [-0.1, -0.05) is 12.1 Å². The minimum absolute atomic E-state index is 0.185. The summed E-state index contributed by atoms with van der Waals surface area (Å²) in [7, 11) is -3.57. The topological polar surface area (TPSA) is 88.2 Å². The van der Waals surface area contributed by atoms with Crippen LogP contribution in [-0.2, 0) is 22.3 Å². The van der Waals surface area contributed by atoms with Gasteiger partial charge < -0.3 is 5.32 Å². The number of benzene rings is 2. The van der Waals surface area contributed by atoms with Crippen LogP contribution in [0, 0.1) is 6.92 Å². The first-order chi connectivity index (χ1) is 14.7. The molecule has 9 heteroatoms. The van der Waals surface area contributed by atoms with Crippen molar-refractivity contribution in [3.8, 4) is 0 Å². The highest BCUT2D eigenvalue weighted by atomic mass is 32.2. The molecule has 2 aromatic carbocycles. The third-order valence-corrected chi connectivity index (χ3v) is 7.75. The number of nitrogens with one attached hydrogen (secondary N) is 2. The highest BCUT2D eigenvalue weighted by Gasteiger charge is 2.15. The van der Waals surface area contributed by atoms with Crippen molar-refractivity contribution in [2.24, 2.45) is 0 Å². The van der Waals surface area contributed by atoms with Gasteiger partial charge in [-0.15, -0.1) is 23.1 Å². The van der Waals surface area contributed by atoms with Crippen LogP contribution in [0.3, 0.4) is 0 Å². The van der Waals surface area contributed by atoms with Gasteiger partial charge in [-0.05, 0) is 62.7 Å². The maximum atomic E-state index is 12.5.